The third kappa shape index (κ3) is 5.61. The van der Waals surface area contributed by atoms with Gasteiger partial charge in [-0.2, -0.15) is 0 Å². The molecule has 0 spiro atoms. The van der Waals surface area contributed by atoms with E-state index < -0.39 is 0 Å². The van der Waals surface area contributed by atoms with Gasteiger partial charge in [-0.3, -0.25) is 4.79 Å². The van der Waals surface area contributed by atoms with Gasteiger partial charge in [-0.25, -0.2) is 0 Å². The molecule has 20 heavy (non-hydrogen) atoms. The van der Waals surface area contributed by atoms with Gasteiger partial charge in [0.15, 0.2) is 0 Å². The van der Waals surface area contributed by atoms with E-state index in [9.17, 15) is 4.79 Å². The predicted molar refractivity (Wildman–Crippen MR) is 86.8 cm³/mol. The summed E-state index contributed by atoms with van der Waals surface area (Å²) >= 11 is 1.64. The molecular formula is C14H23ClN2O2S. The highest BCUT2D eigenvalue weighted by Crippen LogP contribution is 2.28. The third-order valence-corrected chi connectivity index (χ3v) is 3.57. The van der Waals surface area contributed by atoms with E-state index in [1.165, 1.54) is 0 Å². The maximum atomic E-state index is 11.8. The van der Waals surface area contributed by atoms with Crippen molar-refractivity contribution < 1.29 is 9.53 Å². The van der Waals surface area contributed by atoms with Crippen LogP contribution in [0.2, 0.25) is 0 Å². The third-order valence-electron chi connectivity index (χ3n) is 2.79. The lowest BCUT2D eigenvalue weighted by Crippen LogP contribution is -2.31. The molecule has 0 fully saturated rings. The number of carbonyl (C=O) groups is 1. The minimum absolute atomic E-state index is 0. The average molecular weight is 319 g/mol. The van der Waals surface area contributed by atoms with Gasteiger partial charge in [-0.05, 0) is 30.9 Å². The van der Waals surface area contributed by atoms with E-state index in [4.69, 9.17) is 10.5 Å². The normalized spacial score (nSPS) is 11.4. The van der Waals surface area contributed by atoms with Crippen molar-refractivity contribution in [3.63, 3.8) is 0 Å². The molecule has 1 amide bonds. The predicted octanol–water partition coefficient (Wildman–Crippen LogP) is 2.53. The first-order valence-electron chi connectivity index (χ1n) is 6.18. The summed E-state index contributed by atoms with van der Waals surface area (Å²) in [5.41, 5.74) is 6.69. The van der Waals surface area contributed by atoms with Gasteiger partial charge < -0.3 is 15.4 Å². The van der Waals surface area contributed by atoms with Gasteiger partial charge in [0.25, 0.3) is 0 Å². The lowest BCUT2D eigenvalue weighted by Gasteiger charge is -2.19. The molecule has 0 aliphatic rings. The lowest BCUT2D eigenvalue weighted by molar-refractivity contribution is -0.130. The van der Waals surface area contributed by atoms with Gasteiger partial charge in [0.1, 0.15) is 5.75 Å². The van der Waals surface area contributed by atoms with Gasteiger partial charge >= 0.3 is 0 Å². The Morgan fingerprint density at radius 3 is 2.65 bits per heavy atom. The molecule has 114 valence electrons. The first kappa shape index (κ1) is 19.1. The quantitative estimate of drug-likeness (QED) is 0.819. The van der Waals surface area contributed by atoms with Crippen molar-refractivity contribution in [1.82, 2.24) is 4.90 Å². The van der Waals surface area contributed by atoms with Crippen molar-refractivity contribution >= 4 is 30.1 Å². The number of amides is 1. The molecule has 0 bridgehead atoms. The largest absolute Gasteiger partial charge is 0.496 e. The maximum Gasteiger partial charge on any atom is 0.224 e. The summed E-state index contributed by atoms with van der Waals surface area (Å²) in [6, 6.07) is 5.90. The van der Waals surface area contributed by atoms with Crippen molar-refractivity contribution in [2.45, 2.75) is 30.8 Å². The number of rotatable bonds is 6. The van der Waals surface area contributed by atoms with Crippen molar-refractivity contribution in [1.29, 1.82) is 0 Å². The summed E-state index contributed by atoms with van der Waals surface area (Å²) in [7, 11) is 3.45. The van der Waals surface area contributed by atoms with Crippen LogP contribution in [0.5, 0.6) is 5.75 Å². The van der Waals surface area contributed by atoms with Crippen molar-refractivity contribution in [3.05, 3.63) is 23.8 Å². The Hall–Kier alpha value is -0.910. The number of nitrogens with zero attached hydrogens (tertiary/aromatic N) is 1. The van der Waals surface area contributed by atoms with E-state index in [0.717, 1.165) is 16.2 Å². The minimum atomic E-state index is -0.108. The summed E-state index contributed by atoms with van der Waals surface area (Å²) in [5.74, 6) is 0.904. The molecule has 0 aromatic heterocycles. The molecule has 0 saturated carbocycles. The number of halogens is 1. The molecule has 1 aromatic carbocycles. The smallest absolute Gasteiger partial charge is 0.224 e. The Morgan fingerprint density at radius 1 is 1.50 bits per heavy atom. The van der Waals surface area contributed by atoms with Crippen LogP contribution in [-0.2, 0) is 11.3 Å². The van der Waals surface area contributed by atoms with Crippen LogP contribution in [-0.4, -0.2) is 37.3 Å². The zero-order valence-corrected chi connectivity index (χ0v) is 14.0. The zero-order valence-electron chi connectivity index (χ0n) is 12.4. The van der Waals surface area contributed by atoms with Crippen molar-refractivity contribution in [3.8, 4) is 5.75 Å². The molecule has 1 unspecified atom stereocenters. The van der Waals surface area contributed by atoms with Gasteiger partial charge in [0, 0.05) is 31.0 Å². The van der Waals surface area contributed by atoms with Crippen LogP contribution in [0, 0.1) is 0 Å². The monoisotopic (exact) mass is 318 g/mol. The van der Waals surface area contributed by atoms with E-state index in [1.54, 1.807) is 30.8 Å². The molecule has 0 aliphatic carbocycles. The molecule has 1 rings (SSSR count). The highest BCUT2D eigenvalue weighted by atomic mass is 35.5. The van der Waals surface area contributed by atoms with E-state index in [-0.39, 0.29) is 24.4 Å². The van der Waals surface area contributed by atoms with Crippen molar-refractivity contribution in [2.75, 3.05) is 20.4 Å². The number of thioether (sulfide) groups is 1. The zero-order chi connectivity index (χ0) is 14.4. The number of benzene rings is 1. The van der Waals surface area contributed by atoms with Crippen LogP contribution in [0.3, 0.4) is 0 Å². The van der Waals surface area contributed by atoms with Gasteiger partial charge in [-0.1, -0.05) is 6.07 Å². The van der Waals surface area contributed by atoms with E-state index in [2.05, 4.69) is 0 Å². The molecule has 4 nitrogen and oxygen atoms in total. The Labute approximate surface area is 131 Å². The molecule has 0 radical (unpaired) electrons. The lowest BCUT2D eigenvalue weighted by atomic mass is 10.2. The summed E-state index contributed by atoms with van der Waals surface area (Å²) in [6.07, 6.45) is 2.38. The second-order valence-corrected chi connectivity index (χ2v) is 5.47. The first-order valence-corrected chi connectivity index (χ1v) is 7.40. The van der Waals surface area contributed by atoms with Crippen LogP contribution in [0.1, 0.15) is 18.9 Å². The molecule has 2 N–H and O–H groups in total. The van der Waals surface area contributed by atoms with E-state index >= 15 is 0 Å². The number of carbonyl (C=O) groups excluding carboxylic acids is 1. The molecule has 0 heterocycles. The summed E-state index contributed by atoms with van der Waals surface area (Å²) in [5, 5.41) is 0. The first-order chi connectivity index (χ1) is 8.97. The molecule has 1 aromatic rings. The highest BCUT2D eigenvalue weighted by molar-refractivity contribution is 7.98. The molecule has 0 aliphatic heterocycles. The second kappa shape index (κ2) is 9.10. The van der Waals surface area contributed by atoms with Crippen LogP contribution >= 0.6 is 24.2 Å². The number of hydrogen-bond acceptors (Lipinski definition) is 4. The Kier molecular flexibility index (Phi) is 8.69. The van der Waals surface area contributed by atoms with Crippen LogP contribution in [0.25, 0.3) is 0 Å². The van der Waals surface area contributed by atoms with Crippen LogP contribution < -0.4 is 10.5 Å². The summed E-state index contributed by atoms with van der Waals surface area (Å²) in [4.78, 5) is 14.6. The second-order valence-electron chi connectivity index (χ2n) is 4.62. The van der Waals surface area contributed by atoms with E-state index in [0.29, 0.717) is 13.0 Å². The van der Waals surface area contributed by atoms with Crippen molar-refractivity contribution in [2.24, 2.45) is 5.73 Å². The molecule has 0 saturated heterocycles. The standard InChI is InChI=1S/C14H22N2O2S.ClH/c1-10(15)7-14(17)16(2)9-11-5-6-13(19-4)12(8-11)18-3;/h5-6,8,10H,7,9,15H2,1-4H3;1H. The Bertz CT molecular complexity index is 441. The number of hydrogen-bond donors (Lipinski definition) is 1. The number of nitrogens with two attached hydrogens (primary N) is 1. The number of methoxy groups -OCH3 is 1. The van der Waals surface area contributed by atoms with Gasteiger partial charge in [-0.15, -0.1) is 24.2 Å². The maximum absolute atomic E-state index is 11.8. The number of ether oxygens (including phenoxy) is 1. The van der Waals surface area contributed by atoms with Crippen LogP contribution in [0.15, 0.2) is 23.1 Å². The average Bonchev–Trinajstić information content (AvgIpc) is 2.37. The molecule has 6 heteroatoms. The SMILES string of the molecule is COc1cc(CN(C)C(=O)CC(C)N)ccc1SC.Cl. The Balaban J connectivity index is 0.00000361. The van der Waals surface area contributed by atoms with Gasteiger partial charge in [0.2, 0.25) is 5.91 Å². The summed E-state index contributed by atoms with van der Waals surface area (Å²) < 4.78 is 5.34. The van der Waals surface area contributed by atoms with Crippen LogP contribution in [0.4, 0.5) is 0 Å². The molecular weight excluding hydrogens is 296 g/mol. The van der Waals surface area contributed by atoms with Gasteiger partial charge in [0.05, 0.1) is 7.11 Å². The fourth-order valence-electron chi connectivity index (χ4n) is 1.77. The minimum Gasteiger partial charge on any atom is -0.496 e. The fourth-order valence-corrected chi connectivity index (χ4v) is 2.32. The fraction of sp³-hybridized carbons (Fsp3) is 0.500. The Morgan fingerprint density at radius 2 is 2.15 bits per heavy atom. The topological polar surface area (TPSA) is 55.6 Å². The van der Waals surface area contributed by atoms with E-state index in [1.807, 2.05) is 31.4 Å². The summed E-state index contributed by atoms with van der Waals surface area (Å²) in [6.45, 7) is 2.40. The highest BCUT2D eigenvalue weighted by Gasteiger charge is 2.12. The molecule has 1 atom stereocenters.